The Hall–Kier alpha value is -1.99. The van der Waals surface area contributed by atoms with Crippen LogP contribution < -0.4 is 5.32 Å². The Bertz CT molecular complexity index is 694. The van der Waals surface area contributed by atoms with Gasteiger partial charge in [-0.25, -0.2) is 0 Å². The van der Waals surface area contributed by atoms with E-state index in [0.717, 1.165) is 25.7 Å². The fourth-order valence-electron chi connectivity index (χ4n) is 4.78. The normalized spacial score (nSPS) is 27.6. The highest BCUT2D eigenvalue weighted by Gasteiger charge is 2.61. The van der Waals surface area contributed by atoms with Gasteiger partial charge in [0.15, 0.2) is 5.78 Å². The highest BCUT2D eigenvalue weighted by atomic mass is 16.5. The zero-order valence-corrected chi connectivity index (χ0v) is 19.9. The van der Waals surface area contributed by atoms with E-state index in [0.29, 0.717) is 25.8 Å². The van der Waals surface area contributed by atoms with Gasteiger partial charge in [-0.05, 0) is 45.6 Å². The van der Waals surface area contributed by atoms with Crippen LogP contribution >= 0.6 is 0 Å². The van der Waals surface area contributed by atoms with Crippen molar-refractivity contribution in [2.45, 2.75) is 76.5 Å². The van der Waals surface area contributed by atoms with Crippen LogP contribution in [0, 0.1) is 11.3 Å². The van der Waals surface area contributed by atoms with E-state index in [4.69, 9.17) is 9.47 Å². The first-order chi connectivity index (χ1) is 15.4. The molecular weight excluding hydrogens is 408 g/mol. The molecule has 0 spiro atoms. The largest absolute Gasteiger partial charge is 0.466 e. The van der Waals surface area contributed by atoms with Crippen LogP contribution in [0.3, 0.4) is 0 Å². The summed E-state index contributed by atoms with van der Waals surface area (Å²) in [6.45, 7) is 9.96. The molecule has 2 aliphatic rings. The van der Waals surface area contributed by atoms with Gasteiger partial charge >= 0.3 is 5.97 Å². The van der Waals surface area contributed by atoms with Gasteiger partial charge in [-0.1, -0.05) is 25.0 Å². The average Bonchev–Trinajstić information content (AvgIpc) is 3.33. The summed E-state index contributed by atoms with van der Waals surface area (Å²) in [5, 5.41) is 3.12. The molecule has 1 saturated heterocycles. The minimum absolute atomic E-state index is 0.0603. The molecule has 0 aromatic rings. The van der Waals surface area contributed by atoms with Gasteiger partial charge < -0.3 is 19.7 Å². The highest BCUT2D eigenvalue weighted by molar-refractivity contribution is 5.95. The van der Waals surface area contributed by atoms with Crippen LogP contribution in [-0.4, -0.2) is 68.1 Å². The monoisotopic (exact) mass is 448 g/mol. The molecule has 0 aromatic carbocycles. The number of carbonyl (C=O) groups is 3. The average molecular weight is 449 g/mol. The lowest BCUT2D eigenvalue weighted by atomic mass is 9.92. The molecule has 7 heteroatoms. The van der Waals surface area contributed by atoms with Gasteiger partial charge in [-0.3, -0.25) is 14.4 Å². The zero-order chi connectivity index (χ0) is 23.7. The summed E-state index contributed by atoms with van der Waals surface area (Å²) < 4.78 is 10.8. The number of esters is 1. The van der Waals surface area contributed by atoms with Crippen LogP contribution in [0.4, 0.5) is 0 Å². The number of hydrogen-bond donors (Lipinski definition) is 1. The predicted octanol–water partition coefficient (Wildman–Crippen LogP) is 3.04. The molecule has 1 saturated carbocycles. The van der Waals surface area contributed by atoms with Crippen molar-refractivity contribution >= 4 is 17.7 Å². The van der Waals surface area contributed by atoms with E-state index in [-0.39, 0.29) is 48.8 Å². The SMILES string of the molecule is C=CCCCCC[C@H](NC)C(=O)N1CC(OC)C[C@H]1C(=O)C[C@]1(C(=O)OCC)C[C@H]1C=C. The van der Waals surface area contributed by atoms with E-state index in [1.54, 1.807) is 32.1 Å². The lowest BCUT2D eigenvalue weighted by Gasteiger charge is -2.29. The smallest absolute Gasteiger partial charge is 0.313 e. The van der Waals surface area contributed by atoms with E-state index in [1.807, 2.05) is 6.08 Å². The second-order valence-corrected chi connectivity index (χ2v) is 8.93. The van der Waals surface area contributed by atoms with Gasteiger partial charge in [0, 0.05) is 26.5 Å². The van der Waals surface area contributed by atoms with Crippen molar-refractivity contribution in [3.05, 3.63) is 25.3 Å². The Kier molecular flexibility index (Phi) is 10.1. The van der Waals surface area contributed by atoms with Gasteiger partial charge in [0.05, 0.1) is 30.2 Å². The molecule has 1 aliphatic carbocycles. The number of hydrogen-bond acceptors (Lipinski definition) is 6. The standard InChI is InChI=1S/C25H40N2O5/c1-6-9-10-11-12-13-20(26-4)23(29)27-17-19(31-5)14-21(27)22(28)16-25(15-18(25)7-2)24(30)32-8-3/h6-7,18-21,26H,1-2,8-17H2,3-5H3/t18-,19?,20+,21+,25-/m1/s1. The third-order valence-corrected chi connectivity index (χ3v) is 6.89. The van der Waals surface area contributed by atoms with Crippen LogP contribution in [0.25, 0.3) is 0 Å². The minimum atomic E-state index is -0.831. The van der Waals surface area contributed by atoms with Crippen molar-refractivity contribution in [3.8, 4) is 0 Å². The molecule has 2 fully saturated rings. The first kappa shape index (κ1) is 26.3. The lowest BCUT2D eigenvalue weighted by Crippen LogP contribution is -2.50. The van der Waals surface area contributed by atoms with Crippen LogP contribution in [0.5, 0.6) is 0 Å². The van der Waals surface area contributed by atoms with Gasteiger partial charge in [0.2, 0.25) is 5.91 Å². The van der Waals surface area contributed by atoms with E-state index < -0.39 is 11.5 Å². The number of unbranched alkanes of at least 4 members (excludes halogenated alkanes) is 3. The number of likely N-dealkylation sites (N-methyl/N-ethyl adjacent to an activating group) is 1. The van der Waals surface area contributed by atoms with E-state index in [9.17, 15) is 14.4 Å². The van der Waals surface area contributed by atoms with Crippen molar-refractivity contribution in [2.24, 2.45) is 11.3 Å². The van der Waals surface area contributed by atoms with Gasteiger partial charge in [-0.15, -0.1) is 13.2 Å². The fraction of sp³-hybridized carbons (Fsp3) is 0.720. The number of ketones is 1. The maximum Gasteiger partial charge on any atom is 0.313 e. The summed E-state index contributed by atoms with van der Waals surface area (Å²) in [5.41, 5.74) is -0.831. The Morgan fingerprint density at radius 2 is 2.00 bits per heavy atom. The lowest BCUT2D eigenvalue weighted by molar-refractivity contribution is -0.152. The first-order valence-electron chi connectivity index (χ1n) is 11.8. The number of carbonyl (C=O) groups excluding carboxylic acids is 3. The topological polar surface area (TPSA) is 84.9 Å². The maximum absolute atomic E-state index is 13.4. The molecule has 180 valence electrons. The number of nitrogens with one attached hydrogen (secondary N) is 1. The quantitative estimate of drug-likeness (QED) is 0.235. The van der Waals surface area contributed by atoms with E-state index in [2.05, 4.69) is 18.5 Å². The highest BCUT2D eigenvalue weighted by Crippen LogP contribution is 2.57. The van der Waals surface area contributed by atoms with E-state index >= 15 is 0 Å². The van der Waals surface area contributed by atoms with E-state index in [1.165, 1.54) is 0 Å². The molecule has 5 atom stereocenters. The molecule has 2 rings (SSSR count). The number of amides is 1. The number of methoxy groups -OCH3 is 1. The molecular formula is C25H40N2O5. The van der Waals surface area contributed by atoms with Gasteiger partial charge in [0.1, 0.15) is 0 Å². The second-order valence-electron chi connectivity index (χ2n) is 8.93. The number of rotatable bonds is 15. The number of Topliss-reactive ketones (excluding diaryl/α,β-unsaturated/α-hetero) is 1. The van der Waals surface area contributed by atoms with Crippen molar-refractivity contribution in [2.75, 3.05) is 27.3 Å². The van der Waals surface area contributed by atoms with Crippen LogP contribution in [0.15, 0.2) is 25.3 Å². The number of ether oxygens (including phenoxy) is 2. The molecule has 0 bridgehead atoms. The van der Waals surface area contributed by atoms with Gasteiger partial charge in [-0.2, -0.15) is 0 Å². The van der Waals surface area contributed by atoms with Crippen molar-refractivity contribution in [1.82, 2.24) is 10.2 Å². The number of likely N-dealkylation sites (tertiary alicyclic amines) is 1. The Morgan fingerprint density at radius 3 is 2.56 bits per heavy atom. The maximum atomic E-state index is 13.4. The third kappa shape index (κ3) is 6.07. The number of allylic oxidation sites excluding steroid dienone is 2. The molecule has 7 nitrogen and oxygen atoms in total. The molecule has 0 radical (unpaired) electrons. The third-order valence-electron chi connectivity index (χ3n) is 6.89. The van der Waals surface area contributed by atoms with Crippen molar-refractivity contribution < 1.29 is 23.9 Å². The summed E-state index contributed by atoms with van der Waals surface area (Å²) in [4.78, 5) is 41.0. The Morgan fingerprint density at radius 1 is 1.25 bits per heavy atom. The Balaban J connectivity index is 2.08. The second kappa shape index (κ2) is 12.3. The zero-order valence-electron chi connectivity index (χ0n) is 19.9. The first-order valence-corrected chi connectivity index (χ1v) is 11.8. The summed E-state index contributed by atoms with van der Waals surface area (Å²) >= 11 is 0. The molecule has 1 unspecified atom stereocenters. The van der Waals surface area contributed by atoms with Crippen LogP contribution in [0.2, 0.25) is 0 Å². The number of nitrogens with zero attached hydrogens (tertiary/aromatic N) is 1. The molecule has 32 heavy (non-hydrogen) atoms. The summed E-state index contributed by atoms with van der Waals surface area (Å²) in [6, 6.07) is -0.924. The molecule has 1 heterocycles. The molecule has 1 amide bonds. The van der Waals surface area contributed by atoms with Gasteiger partial charge in [0.25, 0.3) is 0 Å². The molecule has 0 aromatic heterocycles. The summed E-state index contributed by atoms with van der Waals surface area (Å²) in [6.07, 6.45) is 9.25. The fourth-order valence-corrected chi connectivity index (χ4v) is 4.78. The van der Waals surface area contributed by atoms with Crippen LogP contribution in [-0.2, 0) is 23.9 Å². The summed E-state index contributed by atoms with van der Waals surface area (Å²) in [7, 11) is 3.38. The molecule has 1 N–H and O–H groups in total. The van der Waals surface area contributed by atoms with Crippen LogP contribution in [0.1, 0.15) is 58.3 Å². The summed E-state index contributed by atoms with van der Waals surface area (Å²) in [5.74, 6) is -0.577. The molecule has 1 aliphatic heterocycles. The Labute approximate surface area is 192 Å². The minimum Gasteiger partial charge on any atom is -0.466 e. The predicted molar refractivity (Wildman–Crippen MR) is 124 cm³/mol. The van der Waals surface area contributed by atoms with Crippen molar-refractivity contribution in [3.63, 3.8) is 0 Å². The van der Waals surface area contributed by atoms with Crippen molar-refractivity contribution in [1.29, 1.82) is 0 Å².